The van der Waals surface area contributed by atoms with E-state index in [2.05, 4.69) is 5.32 Å². The number of piperazine rings is 1. The number of nitrogens with zero attached hydrogens (tertiary/aromatic N) is 1. The number of fused-ring (bicyclic) bond motifs is 2. The van der Waals surface area contributed by atoms with Gasteiger partial charge in [-0.25, -0.2) is 4.79 Å². The molecule has 7 heteroatoms. The molecule has 1 unspecified atom stereocenters. The second-order valence-corrected chi connectivity index (χ2v) is 8.82. The van der Waals surface area contributed by atoms with E-state index in [1.54, 1.807) is 18.2 Å². The Kier molecular flexibility index (Phi) is 4.77. The zero-order valence-corrected chi connectivity index (χ0v) is 17.4. The zero-order valence-electron chi connectivity index (χ0n) is 16.7. The van der Waals surface area contributed by atoms with Crippen LogP contribution < -0.4 is 5.32 Å². The predicted octanol–water partition coefficient (Wildman–Crippen LogP) is 2.94. The van der Waals surface area contributed by atoms with E-state index in [1.807, 2.05) is 24.8 Å². The molecule has 3 aliphatic rings. The second kappa shape index (κ2) is 7.02. The molecule has 1 atom stereocenters. The van der Waals surface area contributed by atoms with Crippen LogP contribution in [0.3, 0.4) is 0 Å². The van der Waals surface area contributed by atoms with Gasteiger partial charge in [-0.15, -0.1) is 0 Å². The standard InChI is InChI=1S/C22H23ClN2O4/c1-22(2)10-14-17(15(26)11-22)16(12-6-4-5-7-13(12)23)18(21(28)29-3)19-20(27)24-8-9-25(14)19/h4-7,16H,8-11H2,1-3H3,(H,24,27). The Morgan fingerprint density at radius 2 is 1.97 bits per heavy atom. The van der Waals surface area contributed by atoms with Crippen LogP contribution in [0, 0.1) is 5.41 Å². The summed E-state index contributed by atoms with van der Waals surface area (Å²) < 4.78 is 5.05. The van der Waals surface area contributed by atoms with E-state index in [-0.39, 0.29) is 28.4 Å². The normalized spacial score (nSPS) is 23.4. The number of ketones is 1. The molecule has 1 aliphatic carbocycles. The van der Waals surface area contributed by atoms with Crippen LogP contribution in [0.4, 0.5) is 0 Å². The largest absolute Gasteiger partial charge is 0.466 e. The maximum absolute atomic E-state index is 13.3. The van der Waals surface area contributed by atoms with Crippen LogP contribution >= 0.6 is 11.6 Å². The fourth-order valence-corrected chi connectivity index (χ4v) is 4.88. The molecule has 1 amide bonds. The lowest BCUT2D eigenvalue weighted by Crippen LogP contribution is -2.51. The van der Waals surface area contributed by atoms with Gasteiger partial charge in [0.15, 0.2) is 5.78 Å². The van der Waals surface area contributed by atoms with E-state index in [1.165, 1.54) is 7.11 Å². The Balaban J connectivity index is 2.05. The second-order valence-electron chi connectivity index (χ2n) is 8.42. The first kappa shape index (κ1) is 19.7. The van der Waals surface area contributed by atoms with E-state index >= 15 is 0 Å². The van der Waals surface area contributed by atoms with Crippen molar-refractivity contribution in [3.8, 4) is 0 Å². The number of hydrogen-bond acceptors (Lipinski definition) is 5. The Morgan fingerprint density at radius 3 is 2.66 bits per heavy atom. The van der Waals surface area contributed by atoms with Crippen molar-refractivity contribution in [3.05, 3.63) is 57.4 Å². The molecule has 0 radical (unpaired) electrons. The van der Waals surface area contributed by atoms with Crippen LogP contribution in [0.1, 0.15) is 38.2 Å². The fraction of sp³-hybridized carbons (Fsp3) is 0.409. The van der Waals surface area contributed by atoms with Gasteiger partial charge in [0, 0.05) is 35.8 Å². The number of esters is 1. The summed E-state index contributed by atoms with van der Waals surface area (Å²) in [5.41, 5.74) is 2.19. The minimum absolute atomic E-state index is 0.0207. The zero-order chi connectivity index (χ0) is 20.9. The van der Waals surface area contributed by atoms with Gasteiger partial charge in [-0.05, 0) is 23.5 Å². The molecule has 0 aromatic heterocycles. The highest BCUT2D eigenvalue weighted by Crippen LogP contribution is 2.51. The number of ether oxygens (including phenoxy) is 1. The van der Waals surface area contributed by atoms with Crippen LogP contribution in [0.5, 0.6) is 0 Å². The van der Waals surface area contributed by atoms with E-state index in [4.69, 9.17) is 16.3 Å². The number of nitrogens with one attached hydrogen (secondary N) is 1. The number of allylic oxidation sites excluding steroid dienone is 2. The monoisotopic (exact) mass is 414 g/mol. The highest BCUT2D eigenvalue weighted by molar-refractivity contribution is 6.31. The summed E-state index contributed by atoms with van der Waals surface area (Å²) in [6.45, 7) is 5.03. The smallest absolute Gasteiger partial charge is 0.337 e. The maximum atomic E-state index is 13.3. The summed E-state index contributed by atoms with van der Waals surface area (Å²) in [6.07, 6.45) is 1.01. The lowest BCUT2D eigenvalue weighted by molar-refractivity contribution is -0.137. The maximum Gasteiger partial charge on any atom is 0.337 e. The van der Waals surface area contributed by atoms with Crippen molar-refractivity contribution in [2.24, 2.45) is 5.41 Å². The summed E-state index contributed by atoms with van der Waals surface area (Å²) in [7, 11) is 1.28. The van der Waals surface area contributed by atoms with Crippen molar-refractivity contribution in [2.45, 2.75) is 32.6 Å². The minimum atomic E-state index is -0.732. The van der Waals surface area contributed by atoms with Crippen LogP contribution in [0.15, 0.2) is 46.8 Å². The first-order valence-corrected chi connectivity index (χ1v) is 10.0. The van der Waals surface area contributed by atoms with Crippen molar-refractivity contribution in [1.29, 1.82) is 0 Å². The van der Waals surface area contributed by atoms with Crippen LogP contribution in [0.2, 0.25) is 5.02 Å². The van der Waals surface area contributed by atoms with E-state index in [9.17, 15) is 14.4 Å². The van der Waals surface area contributed by atoms with Gasteiger partial charge in [0.1, 0.15) is 5.70 Å². The lowest BCUT2D eigenvalue weighted by atomic mass is 9.67. The molecule has 0 bridgehead atoms. The Morgan fingerprint density at radius 1 is 1.24 bits per heavy atom. The first-order valence-electron chi connectivity index (χ1n) is 9.64. The highest BCUT2D eigenvalue weighted by Gasteiger charge is 2.49. The predicted molar refractivity (Wildman–Crippen MR) is 108 cm³/mol. The topological polar surface area (TPSA) is 75.7 Å². The minimum Gasteiger partial charge on any atom is -0.466 e. The van der Waals surface area contributed by atoms with Crippen molar-refractivity contribution < 1.29 is 19.1 Å². The Labute approximate surface area is 174 Å². The molecule has 6 nitrogen and oxygen atoms in total. The van der Waals surface area contributed by atoms with Crippen molar-refractivity contribution >= 4 is 29.3 Å². The summed E-state index contributed by atoms with van der Waals surface area (Å²) in [6, 6.07) is 7.12. The van der Waals surface area contributed by atoms with Gasteiger partial charge in [-0.3, -0.25) is 9.59 Å². The molecule has 0 spiro atoms. The number of methoxy groups -OCH3 is 1. The molecule has 29 heavy (non-hydrogen) atoms. The fourth-order valence-electron chi connectivity index (χ4n) is 4.63. The molecular weight excluding hydrogens is 392 g/mol. The van der Waals surface area contributed by atoms with Gasteiger partial charge in [-0.2, -0.15) is 0 Å². The number of carbonyl (C=O) groups is 3. The van der Waals surface area contributed by atoms with Crippen molar-refractivity contribution in [1.82, 2.24) is 10.2 Å². The molecule has 2 heterocycles. The SMILES string of the molecule is COC(=O)C1=C2C(=O)NCCN2C2=C(C(=O)CC(C)(C)C2)C1c1ccccc1Cl. The van der Waals surface area contributed by atoms with E-state index < -0.39 is 11.9 Å². The van der Waals surface area contributed by atoms with Gasteiger partial charge >= 0.3 is 5.97 Å². The molecule has 1 aromatic carbocycles. The average Bonchev–Trinajstić information content (AvgIpc) is 2.66. The highest BCUT2D eigenvalue weighted by atomic mass is 35.5. The molecule has 1 N–H and O–H groups in total. The van der Waals surface area contributed by atoms with Gasteiger partial charge < -0.3 is 15.0 Å². The summed E-state index contributed by atoms with van der Waals surface area (Å²) in [5, 5.41) is 3.26. The number of benzene rings is 1. The summed E-state index contributed by atoms with van der Waals surface area (Å²) in [5.74, 6) is -1.72. The van der Waals surface area contributed by atoms with Gasteiger partial charge in [0.2, 0.25) is 0 Å². The molecule has 1 aromatic rings. The molecule has 1 fully saturated rings. The van der Waals surface area contributed by atoms with Gasteiger partial charge in [-0.1, -0.05) is 43.6 Å². The molecule has 0 saturated carbocycles. The summed E-state index contributed by atoms with van der Waals surface area (Å²) >= 11 is 6.49. The van der Waals surface area contributed by atoms with Crippen LogP contribution in [-0.2, 0) is 19.1 Å². The lowest BCUT2D eigenvalue weighted by Gasteiger charge is -2.46. The third kappa shape index (κ3) is 3.15. The molecular formula is C22H23ClN2O4. The summed E-state index contributed by atoms with van der Waals surface area (Å²) in [4.78, 5) is 41.0. The number of amides is 1. The number of carbonyl (C=O) groups excluding carboxylic acids is 3. The van der Waals surface area contributed by atoms with Gasteiger partial charge in [0.25, 0.3) is 5.91 Å². The third-order valence-electron chi connectivity index (χ3n) is 5.78. The number of rotatable bonds is 2. The number of hydrogen-bond donors (Lipinski definition) is 1. The number of Topliss-reactive ketones (excluding diaryl/α,β-unsaturated/α-hetero) is 1. The van der Waals surface area contributed by atoms with Crippen molar-refractivity contribution in [3.63, 3.8) is 0 Å². The van der Waals surface area contributed by atoms with Crippen LogP contribution in [0.25, 0.3) is 0 Å². The van der Waals surface area contributed by atoms with Gasteiger partial charge in [0.05, 0.1) is 18.6 Å². The Bertz CT molecular complexity index is 992. The molecule has 4 rings (SSSR count). The van der Waals surface area contributed by atoms with E-state index in [0.717, 1.165) is 5.70 Å². The number of halogens is 1. The first-order chi connectivity index (χ1) is 13.7. The third-order valence-corrected chi connectivity index (χ3v) is 6.13. The quantitative estimate of drug-likeness (QED) is 0.753. The van der Waals surface area contributed by atoms with E-state index in [0.29, 0.717) is 42.1 Å². The molecule has 2 aliphatic heterocycles. The average molecular weight is 415 g/mol. The molecule has 152 valence electrons. The van der Waals surface area contributed by atoms with Crippen molar-refractivity contribution in [2.75, 3.05) is 20.2 Å². The van der Waals surface area contributed by atoms with Crippen LogP contribution in [-0.4, -0.2) is 42.8 Å². The Hall–Kier alpha value is -2.60. The molecule has 1 saturated heterocycles.